The number of esters is 1. The van der Waals surface area contributed by atoms with Crippen molar-refractivity contribution in [2.45, 2.75) is 32.5 Å². The Bertz CT molecular complexity index is 169. The van der Waals surface area contributed by atoms with Gasteiger partial charge < -0.3 is 20.1 Å². The van der Waals surface area contributed by atoms with Crippen molar-refractivity contribution in [1.82, 2.24) is 0 Å². The van der Waals surface area contributed by atoms with Crippen molar-refractivity contribution in [3.63, 3.8) is 0 Å². The Balaban J connectivity index is 3.66. The summed E-state index contributed by atoms with van der Waals surface area (Å²) in [6.07, 6.45) is -2.21. The first-order chi connectivity index (χ1) is 6.47. The van der Waals surface area contributed by atoms with E-state index in [0.29, 0.717) is 0 Å². The Labute approximate surface area is 83.3 Å². The third-order valence-corrected chi connectivity index (χ3v) is 1.62. The molecule has 0 fully saturated rings. The molecule has 0 aromatic carbocycles. The van der Waals surface area contributed by atoms with Crippen LogP contribution in [0.4, 0.5) is 0 Å². The average molecular weight is 206 g/mol. The lowest BCUT2D eigenvalue weighted by molar-refractivity contribution is -0.150. The fourth-order valence-corrected chi connectivity index (χ4v) is 0.803. The van der Waals surface area contributed by atoms with Gasteiger partial charge in [-0.2, -0.15) is 0 Å². The second-order valence-corrected chi connectivity index (χ2v) is 3.60. The molecular weight excluding hydrogens is 188 g/mol. The van der Waals surface area contributed by atoms with Gasteiger partial charge in [-0.1, -0.05) is 13.8 Å². The van der Waals surface area contributed by atoms with E-state index in [-0.39, 0.29) is 18.9 Å². The van der Waals surface area contributed by atoms with Gasteiger partial charge in [-0.25, -0.2) is 0 Å². The number of aliphatic hydroxyl groups is 3. The van der Waals surface area contributed by atoms with Gasteiger partial charge in [0.15, 0.2) is 0 Å². The lowest BCUT2D eigenvalue weighted by Crippen LogP contribution is -2.34. The van der Waals surface area contributed by atoms with E-state index in [1.54, 1.807) is 0 Å². The van der Waals surface area contributed by atoms with Crippen LogP contribution in [0.1, 0.15) is 20.3 Å². The summed E-state index contributed by atoms with van der Waals surface area (Å²) >= 11 is 0. The van der Waals surface area contributed by atoms with Crippen LogP contribution in [-0.4, -0.2) is 46.7 Å². The number of rotatable bonds is 6. The van der Waals surface area contributed by atoms with Gasteiger partial charge in [-0.05, 0) is 5.92 Å². The molecule has 0 aliphatic carbocycles. The molecular formula is C9H18O5. The van der Waals surface area contributed by atoms with E-state index in [1.807, 2.05) is 13.8 Å². The fraction of sp³-hybridized carbons (Fsp3) is 0.889. The minimum absolute atomic E-state index is 0.197. The van der Waals surface area contributed by atoms with Crippen molar-refractivity contribution in [3.8, 4) is 0 Å². The molecule has 0 aromatic heterocycles. The molecule has 5 nitrogen and oxygen atoms in total. The van der Waals surface area contributed by atoms with Crippen LogP contribution in [0, 0.1) is 5.92 Å². The topological polar surface area (TPSA) is 87.0 Å². The summed E-state index contributed by atoms with van der Waals surface area (Å²) in [4.78, 5) is 11.0. The Morgan fingerprint density at radius 1 is 1.29 bits per heavy atom. The van der Waals surface area contributed by atoms with Crippen LogP contribution in [0.2, 0.25) is 0 Å². The molecule has 84 valence electrons. The largest absolute Gasteiger partial charge is 0.463 e. The number of ether oxygens (including phenoxy) is 1. The summed E-state index contributed by atoms with van der Waals surface area (Å²) in [7, 11) is 0. The first-order valence-corrected chi connectivity index (χ1v) is 4.60. The molecule has 2 unspecified atom stereocenters. The Kier molecular flexibility index (Phi) is 6.44. The van der Waals surface area contributed by atoms with Crippen LogP contribution in [0.15, 0.2) is 0 Å². The summed E-state index contributed by atoms with van der Waals surface area (Å²) in [6, 6.07) is 0. The zero-order valence-electron chi connectivity index (χ0n) is 8.51. The highest BCUT2D eigenvalue weighted by Gasteiger charge is 2.17. The maximum Gasteiger partial charge on any atom is 0.306 e. The van der Waals surface area contributed by atoms with Crippen LogP contribution >= 0.6 is 0 Å². The van der Waals surface area contributed by atoms with Crippen molar-refractivity contribution < 1.29 is 24.9 Å². The van der Waals surface area contributed by atoms with Crippen LogP contribution in [0.3, 0.4) is 0 Å². The first kappa shape index (κ1) is 13.4. The van der Waals surface area contributed by atoms with Crippen molar-refractivity contribution >= 4 is 5.97 Å². The van der Waals surface area contributed by atoms with E-state index in [2.05, 4.69) is 4.74 Å². The molecule has 2 atom stereocenters. The maximum absolute atomic E-state index is 11.0. The normalized spacial score (nSPS) is 15.3. The van der Waals surface area contributed by atoms with E-state index in [0.717, 1.165) is 0 Å². The van der Waals surface area contributed by atoms with Crippen molar-refractivity contribution in [2.24, 2.45) is 5.92 Å². The molecule has 0 saturated carbocycles. The summed E-state index contributed by atoms with van der Waals surface area (Å²) in [6.45, 7) is 2.91. The summed E-state index contributed by atoms with van der Waals surface area (Å²) < 4.78 is 4.68. The molecule has 3 N–H and O–H groups in total. The third kappa shape index (κ3) is 5.90. The fourth-order valence-electron chi connectivity index (χ4n) is 0.803. The van der Waals surface area contributed by atoms with E-state index >= 15 is 0 Å². The van der Waals surface area contributed by atoms with Gasteiger partial charge in [0.1, 0.15) is 18.8 Å². The van der Waals surface area contributed by atoms with E-state index in [1.165, 1.54) is 0 Å². The highest BCUT2D eigenvalue weighted by atomic mass is 16.5. The SMILES string of the molecule is CC(C)CC(=O)OCC(O)C(O)CO. The molecule has 0 saturated heterocycles. The lowest BCUT2D eigenvalue weighted by Gasteiger charge is -2.15. The Morgan fingerprint density at radius 3 is 2.29 bits per heavy atom. The molecule has 0 radical (unpaired) electrons. The summed E-state index contributed by atoms with van der Waals surface area (Å²) in [5.41, 5.74) is 0. The lowest BCUT2D eigenvalue weighted by atomic mass is 10.1. The number of carbonyl (C=O) groups is 1. The van der Waals surface area contributed by atoms with Crippen LogP contribution in [0.25, 0.3) is 0 Å². The highest BCUT2D eigenvalue weighted by molar-refractivity contribution is 5.69. The number of aliphatic hydroxyl groups excluding tert-OH is 3. The van der Waals surface area contributed by atoms with Crippen LogP contribution < -0.4 is 0 Å². The molecule has 0 spiro atoms. The van der Waals surface area contributed by atoms with Gasteiger partial charge in [0.25, 0.3) is 0 Å². The van der Waals surface area contributed by atoms with Crippen LogP contribution in [0.5, 0.6) is 0 Å². The van der Waals surface area contributed by atoms with Crippen molar-refractivity contribution in [1.29, 1.82) is 0 Å². The van der Waals surface area contributed by atoms with Gasteiger partial charge in [0.2, 0.25) is 0 Å². The van der Waals surface area contributed by atoms with Gasteiger partial charge >= 0.3 is 5.97 Å². The predicted octanol–water partition coefficient (Wildman–Crippen LogP) is -0.710. The minimum Gasteiger partial charge on any atom is -0.463 e. The van der Waals surface area contributed by atoms with Crippen LogP contribution in [-0.2, 0) is 9.53 Å². The maximum atomic E-state index is 11.0. The summed E-state index contributed by atoms with van der Waals surface area (Å²) in [5.74, 6) is -0.216. The zero-order valence-corrected chi connectivity index (χ0v) is 8.51. The molecule has 0 aliphatic rings. The number of carbonyl (C=O) groups excluding carboxylic acids is 1. The molecule has 0 aliphatic heterocycles. The third-order valence-electron chi connectivity index (χ3n) is 1.62. The Morgan fingerprint density at radius 2 is 1.86 bits per heavy atom. The number of hydrogen-bond donors (Lipinski definition) is 3. The zero-order chi connectivity index (χ0) is 11.1. The molecule has 14 heavy (non-hydrogen) atoms. The second-order valence-electron chi connectivity index (χ2n) is 3.60. The molecule has 0 aromatic rings. The van der Waals surface area contributed by atoms with Crippen molar-refractivity contribution in [2.75, 3.05) is 13.2 Å². The summed E-state index contributed by atoms with van der Waals surface area (Å²) in [5, 5.41) is 26.5. The van der Waals surface area contributed by atoms with Gasteiger partial charge in [-0.3, -0.25) is 4.79 Å². The van der Waals surface area contributed by atoms with Gasteiger partial charge in [-0.15, -0.1) is 0 Å². The first-order valence-electron chi connectivity index (χ1n) is 4.60. The van der Waals surface area contributed by atoms with Crippen molar-refractivity contribution in [3.05, 3.63) is 0 Å². The molecule has 0 rings (SSSR count). The van der Waals surface area contributed by atoms with Gasteiger partial charge in [0.05, 0.1) is 6.61 Å². The molecule has 5 heteroatoms. The average Bonchev–Trinajstić information content (AvgIpc) is 2.11. The Hall–Kier alpha value is -0.650. The quantitative estimate of drug-likeness (QED) is 0.500. The molecule has 0 bridgehead atoms. The number of hydrogen-bond acceptors (Lipinski definition) is 5. The van der Waals surface area contributed by atoms with E-state index in [9.17, 15) is 4.79 Å². The molecule has 0 heterocycles. The smallest absolute Gasteiger partial charge is 0.306 e. The van der Waals surface area contributed by atoms with E-state index < -0.39 is 24.8 Å². The second kappa shape index (κ2) is 6.75. The van der Waals surface area contributed by atoms with Gasteiger partial charge in [0, 0.05) is 6.42 Å². The highest BCUT2D eigenvalue weighted by Crippen LogP contribution is 2.02. The molecule has 0 amide bonds. The standard InChI is InChI=1S/C9H18O5/c1-6(2)3-9(13)14-5-8(12)7(11)4-10/h6-8,10-12H,3-5H2,1-2H3. The monoisotopic (exact) mass is 206 g/mol. The van der Waals surface area contributed by atoms with E-state index in [4.69, 9.17) is 15.3 Å². The minimum atomic E-state index is -1.26. The predicted molar refractivity (Wildman–Crippen MR) is 49.5 cm³/mol.